The molecule has 1 amide bonds. The molecule has 1 aliphatic heterocycles. The fourth-order valence-electron chi connectivity index (χ4n) is 3.70. The number of halogens is 1. The third-order valence-corrected chi connectivity index (χ3v) is 5.50. The van der Waals surface area contributed by atoms with Crippen molar-refractivity contribution in [2.24, 2.45) is 0 Å². The van der Waals surface area contributed by atoms with Gasteiger partial charge in [-0.2, -0.15) is 0 Å². The molecule has 31 heavy (non-hydrogen) atoms. The smallest absolute Gasteiger partial charge is 0.251 e. The molecular formula is C24H31FN2O4. The average molecular weight is 431 g/mol. The number of methoxy groups -OCH3 is 2. The lowest BCUT2D eigenvalue weighted by Crippen LogP contribution is -2.38. The highest BCUT2D eigenvalue weighted by molar-refractivity contribution is 5.94. The number of carbonyl (C=O) groups is 1. The number of likely N-dealkylation sites (tertiary alicyclic amines) is 1. The molecule has 0 atom stereocenters. The quantitative estimate of drug-likeness (QED) is 0.617. The maximum absolute atomic E-state index is 14.1. The van der Waals surface area contributed by atoms with Crippen LogP contribution < -0.4 is 14.8 Å². The van der Waals surface area contributed by atoms with E-state index in [2.05, 4.69) is 10.2 Å². The Morgan fingerprint density at radius 1 is 1.16 bits per heavy atom. The van der Waals surface area contributed by atoms with Crippen LogP contribution in [0.2, 0.25) is 0 Å². The van der Waals surface area contributed by atoms with Crippen molar-refractivity contribution in [3.8, 4) is 11.5 Å². The second kappa shape index (κ2) is 11.1. The molecule has 0 aliphatic carbocycles. The molecule has 0 unspecified atom stereocenters. The lowest BCUT2D eigenvalue weighted by molar-refractivity contribution is 0.0934. The van der Waals surface area contributed by atoms with Crippen LogP contribution in [-0.4, -0.2) is 57.4 Å². The molecule has 1 aliphatic rings. The topological polar surface area (TPSA) is 60.0 Å². The van der Waals surface area contributed by atoms with Gasteiger partial charge in [-0.25, -0.2) is 4.39 Å². The summed E-state index contributed by atoms with van der Waals surface area (Å²) >= 11 is 0. The minimum Gasteiger partial charge on any atom is -0.497 e. The first-order chi connectivity index (χ1) is 15.0. The summed E-state index contributed by atoms with van der Waals surface area (Å²) in [7, 11) is 3.19. The fourth-order valence-corrected chi connectivity index (χ4v) is 3.70. The van der Waals surface area contributed by atoms with Crippen LogP contribution in [0.3, 0.4) is 0 Å². The molecule has 1 fully saturated rings. The normalized spacial score (nSPS) is 15.0. The van der Waals surface area contributed by atoms with Crippen molar-refractivity contribution in [3.05, 3.63) is 58.9 Å². The molecule has 0 aromatic heterocycles. The van der Waals surface area contributed by atoms with E-state index in [0.29, 0.717) is 36.6 Å². The van der Waals surface area contributed by atoms with Crippen LogP contribution >= 0.6 is 0 Å². The summed E-state index contributed by atoms with van der Waals surface area (Å²) in [5, 5.41) is 2.82. The highest BCUT2D eigenvalue weighted by atomic mass is 19.1. The molecule has 0 saturated carbocycles. The Balaban J connectivity index is 1.51. The number of carbonyl (C=O) groups excluding carboxylic acids is 1. The number of benzene rings is 2. The summed E-state index contributed by atoms with van der Waals surface area (Å²) in [4.78, 5) is 14.4. The van der Waals surface area contributed by atoms with Gasteiger partial charge in [-0.05, 0) is 61.7 Å². The molecule has 6 nitrogen and oxygen atoms in total. The minimum absolute atomic E-state index is 0.103. The maximum atomic E-state index is 14.1. The first-order valence-corrected chi connectivity index (χ1v) is 10.6. The van der Waals surface area contributed by atoms with E-state index in [4.69, 9.17) is 14.2 Å². The predicted molar refractivity (Wildman–Crippen MR) is 117 cm³/mol. The van der Waals surface area contributed by atoms with Gasteiger partial charge in [-0.3, -0.25) is 9.69 Å². The molecule has 3 rings (SSSR count). The zero-order valence-corrected chi connectivity index (χ0v) is 18.4. The maximum Gasteiger partial charge on any atom is 0.251 e. The molecule has 2 aromatic carbocycles. The van der Waals surface area contributed by atoms with Gasteiger partial charge >= 0.3 is 0 Å². The van der Waals surface area contributed by atoms with Crippen LogP contribution in [0.4, 0.5) is 4.39 Å². The van der Waals surface area contributed by atoms with Gasteiger partial charge in [0.25, 0.3) is 5.91 Å². The van der Waals surface area contributed by atoms with Crippen LogP contribution in [-0.2, 0) is 11.3 Å². The highest BCUT2D eigenvalue weighted by Crippen LogP contribution is 2.25. The number of nitrogens with zero attached hydrogens (tertiary/aromatic N) is 1. The number of hydrogen-bond acceptors (Lipinski definition) is 5. The number of ether oxygens (including phenoxy) is 3. The molecule has 1 heterocycles. The molecule has 1 saturated heterocycles. The van der Waals surface area contributed by atoms with E-state index in [9.17, 15) is 9.18 Å². The van der Waals surface area contributed by atoms with E-state index in [-0.39, 0.29) is 17.8 Å². The lowest BCUT2D eigenvalue weighted by Gasteiger charge is -2.32. The summed E-state index contributed by atoms with van der Waals surface area (Å²) in [5.74, 6) is 1.14. The van der Waals surface area contributed by atoms with E-state index in [1.807, 2.05) is 19.1 Å². The molecule has 0 spiro atoms. The van der Waals surface area contributed by atoms with E-state index in [1.54, 1.807) is 32.4 Å². The van der Waals surface area contributed by atoms with Crippen molar-refractivity contribution in [1.82, 2.24) is 10.2 Å². The minimum atomic E-state index is -0.207. The summed E-state index contributed by atoms with van der Waals surface area (Å²) in [5.41, 5.74) is 2.19. The number of amides is 1. The summed E-state index contributed by atoms with van der Waals surface area (Å²) < 4.78 is 30.5. The van der Waals surface area contributed by atoms with Crippen molar-refractivity contribution < 1.29 is 23.4 Å². The Bertz CT molecular complexity index is 882. The summed E-state index contributed by atoms with van der Waals surface area (Å²) in [6.07, 6.45) is 1.83. The van der Waals surface area contributed by atoms with Crippen LogP contribution in [0.25, 0.3) is 0 Å². The van der Waals surface area contributed by atoms with Gasteiger partial charge in [0, 0.05) is 44.4 Å². The molecule has 0 bridgehead atoms. The Morgan fingerprint density at radius 3 is 2.61 bits per heavy atom. The van der Waals surface area contributed by atoms with Gasteiger partial charge in [0.05, 0.1) is 13.7 Å². The van der Waals surface area contributed by atoms with Crippen LogP contribution in [0.1, 0.15) is 34.3 Å². The zero-order chi connectivity index (χ0) is 22.2. The van der Waals surface area contributed by atoms with Gasteiger partial charge in [-0.1, -0.05) is 0 Å². The molecule has 168 valence electrons. The SMILES string of the molecule is COCCNC(=O)c1ccc(OC2CCN(Cc3cc(OC)ccc3F)CC2)c(C)c1. The molecule has 1 N–H and O–H groups in total. The summed E-state index contributed by atoms with van der Waals surface area (Å²) in [6, 6.07) is 10.3. The average Bonchev–Trinajstić information content (AvgIpc) is 2.78. The second-order valence-corrected chi connectivity index (χ2v) is 7.78. The zero-order valence-electron chi connectivity index (χ0n) is 18.4. The third-order valence-electron chi connectivity index (χ3n) is 5.50. The Morgan fingerprint density at radius 2 is 1.94 bits per heavy atom. The standard InChI is InChI=1S/C24H31FN2O4/c1-17-14-18(24(28)26-10-13-29-2)4-7-23(17)31-20-8-11-27(12-9-20)16-19-15-21(30-3)5-6-22(19)25/h4-7,14-15,20H,8-13,16H2,1-3H3,(H,26,28). The predicted octanol–water partition coefficient (Wildman–Crippen LogP) is 3.56. The second-order valence-electron chi connectivity index (χ2n) is 7.78. The van der Waals surface area contributed by atoms with Crippen LogP contribution in [0, 0.1) is 12.7 Å². The van der Waals surface area contributed by atoms with Crippen LogP contribution in [0.5, 0.6) is 11.5 Å². The van der Waals surface area contributed by atoms with Crippen molar-refractivity contribution in [2.75, 3.05) is 40.5 Å². The van der Waals surface area contributed by atoms with Crippen molar-refractivity contribution in [2.45, 2.75) is 32.4 Å². The van der Waals surface area contributed by atoms with Gasteiger partial charge < -0.3 is 19.5 Å². The number of nitrogens with one attached hydrogen (secondary N) is 1. The number of hydrogen-bond donors (Lipinski definition) is 1. The number of aryl methyl sites for hydroxylation is 1. The largest absolute Gasteiger partial charge is 0.497 e. The van der Waals surface area contributed by atoms with Crippen molar-refractivity contribution in [1.29, 1.82) is 0 Å². The number of piperidine rings is 1. The van der Waals surface area contributed by atoms with Crippen molar-refractivity contribution in [3.63, 3.8) is 0 Å². The monoisotopic (exact) mass is 430 g/mol. The molecular weight excluding hydrogens is 399 g/mol. The van der Waals surface area contributed by atoms with E-state index >= 15 is 0 Å². The van der Waals surface area contributed by atoms with Gasteiger partial charge in [0.2, 0.25) is 0 Å². The Labute approximate surface area is 183 Å². The lowest BCUT2D eigenvalue weighted by atomic mass is 10.1. The third kappa shape index (κ3) is 6.42. The molecule has 2 aromatic rings. The van der Waals surface area contributed by atoms with Crippen molar-refractivity contribution >= 4 is 5.91 Å². The Hall–Kier alpha value is -2.64. The van der Waals surface area contributed by atoms with E-state index in [1.165, 1.54) is 6.07 Å². The first kappa shape index (κ1) is 23.0. The number of rotatable bonds is 9. The van der Waals surface area contributed by atoms with Gasteiger partial charge in [-0.15, -0.1) is 0 Å². The molecule has 7 heteroatoms. The van der Waals surface area contributed by atoms with E-state index < -0.39 is 0 Å². The molecule has 0 radical (unpaired) electrons. The first-order valence-electron chi connectivity index (χ1n) is 10.6. The van der Waals surface area contributed by atoms with Gasteiger partial charge in [0.1, 0.15) is 23.4 Å². The Kier molecular flexibility index (Phi) is 8.26. The van der Waals surface area contributed by atoms with Crippen LogP contribution in [0.15, 0.2) is 36.4 Å². The highest BCUT2D eigenvalue weighted by Gasteiger charge is 2.22. The summed E-state index contributed by atoms with van der Waals surface area (Å²) in [6.45, 7) is 5.13. The fraction of sp³-hybridized carbons (Fsp3) is 0.458. The van der Waals surface area contributed by atoms with E-state index in [0.717, 1.165) is 37.2 Å². The van der Waals surface area contributed by atoms with Gasteiger partial charge in [0.15, 0.2) is 0 Å².